The van der Waals surface area contributed by atoms with Crippen LogP contribution in [0.15, 0.2) is 35.1 Å². The Labute approximate surface area is 129 Å². The molecule has 0 unspecified atom stereocenters. The van der Waals surface area contributed by atoms with Gasteiger partial charge in [-0.3, -0.25) is 19.5 Å². The Morgan fingerprint density at radius 2 is 1.83 bits per heavy atom. The summed E-state index contributed by atoms with van der Waals surface area (Å²) >= 11 is 0. The van der Waals surface area contributed by atoms with Gasteiger partial charge in [0, 0.05) is 6.07 Å². The van der Waals surface area contributed by atoms with E-state index in [-0.39, 0.29) is 10.6 Å². The van der Waals surface area contributed by atoms with Crippen LogP contribution in [0.2, 0.25) is 0 Å². The van der Waals surface area contributed by atoms with Crippen molar-refractivity contribution < 1.29 is 32.4 Å². The first kappa shape index (κ1) is 17.1. The van der Waals surface area contributed by atoms with Gasteiger partial charge in [0.15, 0.2) is 11.5 Å². The predicted molar refractivity (Wildman–Crippen MR) is 70.6 cm³/mol. The number of aromatic nitrogens is 1. The fourth-order valence-corrected chi connectivity index (χ4v) is 2.02. The Kier molecular flexibility index (Phi) is 4.11. The SMILES string of the molecule is O=C(O)c1ccc(C(F)(F)F)n(-c2c(F)cccc2[N+](=O)[O-])c1=O. The van der Waals surface area contributed by atoms with Gasteiger partial charge in [-0.25, -0.2) is 9.18 Å². The Hall–Kier alpha value is -3.24. The van der Waals surface area contributed by atoms with Crippen LogP contribution in [-0.4, -0.2) is 20.6 Å². The van der Waals surface area contributed by atoms with E-state index in [4.69, 9.17) is 5.11 Å². The molecule has 0 aliphatic rings. The van der Waals surface area contributed by atoms with Crippen molar-refractivity contribution in [2.45, 2.75) is 6.18 Å². The molecular formula is C13H6F4N2O5. The highest BCUT2D eigenvalue weighted by Gasteiger charge is 2.38. The molecule has 1 aromatic carbocycles. The number of nitro benzene ring substituents is 1. The molecular weight excluding hydrogens is 340 g/mol. The van der Waals surface area contributed by atoms with E-state index in [0.717, 1.165) is 6.07 Å². The van der Waals surface area contributed by atoms with Crippen LogP contribution >= 0.6 is 0 Å². The zero-order valence-corrected chi connectivity index (χ0v) is 11.4. The molecule has 0 spiro atoms. The van der Waals surface area contributed by atoms with Crippen molar-refractivity contribution in [3.63, 3.8) is 0 Å². The maximum absolute atomic E-state index is 14.0. The van der Waals surface area contributed by atoms with Crippen molar-refractivity contribution in [3.8, 4) is 5.69 Å². The summed E-state index contributed by atoms with van der Waals surface area (Å²) in [6.07, 6.45) is -5.19. The van der Waals surface area contributed by atoms with Crippen molar-refractivity contribution >= 4 is 11.7 Å². The van der Waals surface area contributed by atoms with Crippen LogP contribution in [0, 0.1) is 15.9 Å². The highest BCUT2D eigenvalue weighted by atomic mass is 19.4. The number of benzene rings is 1. The molecule has 2 aromatic rings. The lowest BCUT2D eigenvalue weighted by atomic mass is 10.2. The molecule has 7 nitrogen and oxygen atoms in total. The van der Waals surface area contributed by atoms with Crippen LogP contribution in [0.25, 0.3) is 5.69 Å². The largest absolute Gasteiger partial charge is 0.477 e. The number of alkyl halides is 3. The minimum atomic E-state index is -5.19. The molecule has 0 atom stereocenters. The number of rotatable bonds is 3. The van der Waals surface area contributed by atoms with E-state index in [1.165, 1.54) is 0 Å². The summed E-state index contributed by atoms with van der Waals surface area (Å²) in [4.78, 5) is 32.8. The smallest absolute Gasteiger partial charge is 0.431 e. The van der Waals surface area contributed by atoms with Gasteiger partial charge >= 0.3 is 12.1 Å². The summed E-state index contributed by atoms with van der Waals surface area (Å²) in [5, 5.41) is 19.8. The number of hydrogen-bond donors (Lipinski definition) is 1. The van der Waals surface area contributed by atoms with Gasteiger partial charge in [-0.15, -0.1) is 0 Å². The van der Waals surface area contributed by atoms with Gasteiger partial charge in [0.05, 0.1) is 4.92 Å². The first-order chi connectivity index (χ1) is 11.1. The molecule has 11 heteroatoms. The topological polar surface area (TPSA) is 102 Å². The third kappa shape index (κ3) is 2.83. The molecule has 2 rings (SSSR count). The second-order valence-electron chi connectivity index (χ2n) is 4.44. The molecule has 1 aromatic heterocycles. The molecule has 0 saturated carbocycles. The highest BCUT2D eigenvalue weighted by Crippen LogP contribution is 2.33. The fraction of sp³-hybridized carbons (Fsp3) is 0.0769. The fourth-order valence-electron chi connectivity index (χ4n) is 2.02. The van der Waals surface area contributed by atoms with E-state index >= 15 is 0 Å². The number of para-hydroxylation sites is 1. The average Bonchev–Trinajstić information content (AvgIpc) is 2.45. The van der Waals surface area contributed by atoms with Crippen molar-refractivity contribution in [1.29, 1.82) is 0 Å². The van der Waals surface area contributed by atoms with E-state index in [0.29, 0.717) is 18.2 Å². The third-order valence-corrected chi connectivity index (χ3v) is 2.99. The lowest BCUT2D eigenvalue weighted by Gasteiger charge is -2.16. The van der Waals surface area contributed by atoms with Crippen molar-refractivity contribution in [2.24, 2.45) is 0 Å². The van der Waals surface area contributed by atoms with Gasteiger partial charge in [0.2, 0.25) is 0 Å². The zero-order valence-electron chi connectivity index (χ0n) is 11.4. The van der Waals surface area contributed by atoms with E-state index in [1.54, 1.807) is 0 Å². The summed E-state index contributed by atoms with van der Waals surface area (Å²) in [6, 6.07) is 2.81. The van der Waals surface area contributed by atoms with Crippen LogP contribution in [0.1, 0.15) is 16.1 Å². The second kappa shape index (κ2) is 5.76. The Morgan fingerprint density at radius 1 is 1.21 bits per heavy atom. The number of hydrogen-bond acceptors (Lipinski definition) is 4. The number of nitro groups is 1. The van der Waals surface area contributed by atoms with Gasteiger partial charge in [-0.05, 0) is 18.2 Å². The molecule has 126 valence electrons. The number of carboxylic acids is 1. The van der Waals surface area contributed by atoms with Crippen LogP contribution < -0.4 is 5.56 Å². The minimum Gasteiger partial charge on any atom is -0.477 e. The van der Waals surface area contributed by atoms with Crippen molar-refractivity contribution in [1.82, 2.24) is 4.57 Å². The van der Waals surface area contributed by atoms with Crippen LogP contribution in [0.5, 0.6) is 0 Å². The Balaban J connectivity index is 3.04. The number of carbonyl (C=O) groups is 1. The molecule has 1 heterocycles. The van der Waals surface area contributed by atoms with E-state index in [2.05, 4.69) is 0 Å². The minimum absolute atomic E-state index is 0.237. The number of pyridine rings is 1. The zero-order chi connectivity index (χ0) is 18.2. The molecule has 0 saturated heterocycles. The summed E-state index contributed by atoms with van der Waals surface area (Å²) in [7, 11) is 0. The van der Waals surface area contributed by atoms with Gasteiger partial charge in [-0.2, -0.15) is 13.2 Å². The van der Waals surface area contributed by atoms with Crippen molar-refractivity contribution in [3.05, 3.63) is 67.9 Å². The molecule has 0 aliphatic carbocycles. The monoisotopic (exact) mass is 346 g/mol. The molecule has 0 fully saturated rings. The Bertz CT molecular complexity index is 904. The third-order valence-electron chi connectivity index (χ3n) is 2.99. The summed E-state index contributed by atoms with van der Waals surface area (Å²) in [5.41, 5.74) is -7.00. The number of nitrogens with zero attached hydrogens (tertiary/aromatic N) is 2. The number of aromatic carboxylic acids is 1. The van der Waals surface area contributed by atoms with Gasteiger partial charge in [0.1, 0.15) is 11.3 Å². The normalized spacial score (nSPS) is 11.3. The number of halogens is 4. The molecule has 0 aliphatic heterocycles. The van der Waals surface area contributed by atoms with Gasteiger partial charge in [-0.1, -0.05) is 6.07 Å². The highest BCUT2D eigenvalue weighted by molar-refractivity contribution is 5.87. The lowest BCUT2D eigenvalue weighted by molar-refractivity contribution is -0.384. The predicted octanol–water partition coefficient (Wildman–Crippen LogP) is 2.60. The van der Waals surface area contributed by atoms with Crippen LogP contribution in [0.3, 0.4) is 0 Å². The molecule has 24 heavy (non-hydrogen) atoms. The van der Waals surface area contributed by atoms with Gasteiger partial charge in [0.25, 0.3) is 11.2 Å². The van der Waals surface area contributed by atoms with Gasteiger partial charge < -0.3 is 5.11 Å². The van der Waals surface area contributed by atoms with E-state index in [1.807, 2.05) is 0 Å². The molecule has 0 amide bonds. The summed E-state index contributed by atoms with van der Waals surface area (Å²) < 4.78 is 53.0. The Morgan fingerprint density at radius 3 is 2.33 bits per heavy atom. The summed E-state index contributed by atoms with van der Waals surface area (Å²) in [6.45, 7) is 0. The number of carboxylic acid groups (broad SMARTS) is 1. The summed E-state index contributed by atoms with van der Waals surface area (Å²) in [5.74, 6) is -3.35. The molecule has 0 radical (unpaired) electrons. The van der Waals surface area contributed by atoms with Crippen LogP contribution in [-0.2, 0) is 6.18 Å². The maximum atomic E-state index is 14.0. The first-order valence-corrected chi connectivity index (χ1v) is 6.05. The molecule has 1 N–H and O–H groups in total. The maximum Gasteiger partial charge on any atom is 0.431 e. The first-order valence-electron chi connectivity index (χ1n) is 6.05. The lowest BCUT2D eigenvalue weighted by Crippen LogP contribution is -2.31. The molecule has 0 bridgehead atoms. The van der Waals surface area contributed by atoms with E-state index < -0.39 is 51.1 Å². The van der Waals surface area contributed by atoms with Crippen molar-refractivity contribution in [2.75, 3.05) is 0 Å². The van der Waals surface area contributed by atoms with E-state index in [9.17, 15) is 37.3 Å². The second-order valence-corrected chi connectivity index (χ2v) is 4.44. The quantitative estimate of drug-likeness (QED) is 0.523. The van der Waals surface area contributed by atoms with Crippen LogP contribution in [0.4, 0.5) is 23.2 Å². The average molecular weight is 346 g/mol. The standard InChI is InChI=1S/C13H6F4N2O5/c14-7-2-1-3-8(19(23)24)10(7)18-9(13(15,16)17)5-4-6(11(18)20)12(21)22/h1-5H,(H,21,22).